The molecule has 3 aromatic rings. The van der Waals surface area contributed by atoms with Crippen molar-refractivity contribution < 1.29 is 108 Å². The van der Waals surface area contributed by atoms with Gasteiger partial charge in [-0.1, -0.05) is 178 Å². The molecule has 0 radical (unpaired) electrons. The molecule has 9 aliphatic rings. The van der Waals surface area contributed by atoms with Gasteiger partial charge < -0.3 is 52.3 Å². The van der Waals surface area contributed by atoms with E-state index < -0.39 is 110 Å². The first kappa shape index (κ1) is 126. The first-order valence-corrected chi connectivity index (χ1v) is 44.1. The zero-order chi connectivity index (χ0) is 85.3. The first-order valence-electron chi connectivity index (χ1n) is 41.1. The smallest absolute Gasteiger partial charge is 0.428 e. The number of carbonyl (C=O) groups excluding carboxylic acids is 8. The molecule has 7 aliphatic carbocycles. The molecule has 3 aromatic carbocycles. The highest BCUT2D eigenvalue weighted by molar-refractivity contribution is 7.97. The van der Waals surface area contributed by atoms with Gasteiger partial charge in [-0.2, -0.15) is 14.0 Å². The predicted molar refractivity (Wildman–Crippen MR) is 495 cm³/mol. The SMILES string of the molecule is C.C.C.C.C.C.C.C.C.C.CCC(C)(C)C(=O)OC(C)c1ccccc1.CCC(C)(C)C(=O)OC12CC3CC(CC(O)(C3)C1)C2.CCC(C)(C)C(=O)OCC(=O)OC1C2CC3C1OC(=O)C3(C#N)C2.CCC(C)(C)C(=O)OCCOC(=O)C(F)(F)S(=O)(=O)[O-].CCC1(OC(=O)C(C)(C)CC)CCCC1.CCCCOc1ccc([S+]2CCCC2)c2ccccc12. The molecule has 718 valence electrons. The largest absolute Gasteiger partial charge is 0.743 e. The lowest BCUT2D eigenvalue weighted by Gasteiger charge is -2.59. The Kier molecular flexibility index (Phi) is 53.2. The molecule has 2 aliphatic heterocycles. The lowest BCUT2D eigenvalue weighted by Crippen LogP contribution is -2.61. The predicted octanol–water partition coefficient (Wildman–Crippen LogP) is 23.6. The number of fused-ring (bicyclic) bond motifs is 2. The van der Waals surface area contributed by atoms with E-state index in [2.05, 4.69) is 65.8 Å². The van der Waals surface area contributed by atoms with Crippen molar-refractivity contribution in [2.75, 3.05) is 37.9 Å². The summed E-state index contributed by atoms with van der Waals surface area (Å²) in [5.74, 6) is -0.315. The van der Waals surface area contributed by atoms with E-state index in [4.69, 9.17) is 33.2 Å². The van der Waals surface area contributed by atoms with Crippen molar-refractivity contribution in [2.45, 2.75) is 385 Å². The van der Waals surface area contributed by atoms with Crippen LogP contribution in [0.4, 0.5) is 8.78 Å². The standard InChI is InChI=1S/C18H23OS.C17H21NO6.C16H26O3.C14H20O2.C13H24O2.C10H16F2O7S.10CH4/c1-2-3-12-19-17-10-11-18(20-13-6-7-14-20)16-9-5-4-8-15(16)17;1-4-16(2,3)14(20)22-7-11(19)23-12-9-5-10-13(12)24-15(21)17(10,6-9)8-18;1-4-14(2,3)13(17)19-16-8-11-5-12(9-16)7-15(18,6-11)10-16;1-5-14(3,4)13(15)16-11(2)12-9-7-6-8-10-12;1-5-12(3,4)11(14)15-13(6-2)9-7-8-10-13;1-4-9(2,3)7(13)18-5-6-19-8(14)10(11,12)20(15,16)17;;;;;;;;;;/h4-5,8-11H,2-3,6-7,12-14H2,1H3;9-10,12-13H,4-7H2,1-3H3;11-12,18H,4-10H2,1-3H3;6-11H,5H2,1-4H3;5-10H2,1-4H3;4-6H2,1-3H3,(H,15,16,17);10*1H4/q+1;;;;;;;;;;;;;;;/p-1. The number of unbranched alkanes of at least 4 members (excludes halogenated alkanes) is 1. The quantitative estimate of drug-likeness (QED) is 0.0232. The Bertz CT molecular complexity index is 3920. The highest BCUT2D eigenvalue weighted by Crippen LogP contribution is 2.63. The summed E-state index contributed by atoms with van der Waals surface area (Å²) in [6.07, 6.45) is 19.4. The number of carbonyl (C=O) groups is 8. The average Bonchev–Trinajstić information content (AvgIpc) is 1.38. The summed E-state index contributed by atoms with van der Waals surface area (Å²) in [6, 6.07) is 25.2. The van der Waals surface area contributed by atoms with E-state index >= 15 is 0 Å². The molecule has 0 spiro atoms. The van der Waals surface area contributed by atoms with Crippen molar-refractivity contribution >= 4 is 79.5 Å². The van der Waals surface area contributed by atoms with E-state index in [1.165, 1.54) is 60.8 Å². The number of ether oxygens (including phenoxy) is 9. The maximum absolute atomic E-state index is 12.7. The van der Waals surface area contributed by atoms with Crippen LogP contribution >= 0.6 is 0 Å². The topological polar surface area (TPSA) is 321 Å². The highest BCUT2D eigenvalue weighted by atomic mass is 32.2. The maximum atomic E-state index is 12.7. The lowest BCUT2D eigenvalue weighted by atomic mass is 9.52. The fourth-order valence-electron chi connectivity index (χ4n) is 15.6. The van der Waals surface area contributed by atoms with Crippen LogP contribution in [0.2, 0.25) is 0 Å². The second-order valence-electron chi connectivity index (χ2n) is 35.5. The molecule has 2 heterocycles. The molecule has 26 heteroatoms. The Balaban J connectivity index is -0.000000452. The molecular formula is C98H169F2NO21S2. The molecule has 0 amide bonds. The van der Waals surface area contributed by atoms with Gasteiger partial charge in [0.1, 0.15) is 60.0 Å². The summed E-state index contributed by atoms with van der Waals surface area (Å²) < 4.78 is 103. The Hall–Kier alpha value is -6.95. The summed E-state index contributed by atoms with van der Waals surface area (Å²) in [7, 11) is -5.68. The van der Waals surface area contributed by atoms with E-state index in [9.17, 15) is 70.5 Å². The van der Waals surface area contributed by atoms with E-state index in [1.54, 1.807) is 39.5 Å². The fourth-order valence-corrected chi connectivity index (χ4v) is 18.3. The number of alkyl halides is 2. The van der Waals surface area contributed by atoms with Crippen molar-refractivity contribution in [3.63, 3.8) is 0 Å². The van der Waals surface area contributed by atoms with Gasteiger partial charge in [0.15, 0.2) is 27.0 Å². The van der Waals surface area contributed by atoms with Crippen molar-refractivity contribution in [2.24, 2.45) is 56.2 Å². The number of aliphatic hydroxyl groups is 1. The van der Waals surface area contributed by atoms with E-state index in [0.717, 1.165) is 88.5 Å². The Morgan fingerprint density at radius 3 is 1.52 bits per heavy atom. The van der Waals surface area contributed by atoms with E-state index in [-0.39, 0.29) is 127 Å². The van der Waals surface area contributed by atoms with Gasteiger partial charge in [0.05, 0.1) is 45.4 Å². The average molecular weight is 1800 g/mol. The highest BCUT2D eigenvalue weighted by Gasteiger charge is 2.72. The third-order valence-corrected chi connectivity index (χ3v) is 28.2. The molecule has 7 saturated carbocycles. The van der Waals surface area contributed by atoms with Crippen LogP contribution in [0.15, 0.2) is 71.6 Å². The first-order chi connectivity index (χ1) is 53.2. The zero-order valence-corrected chi connectivity index (χ0v) is 72.5. The van der Waals surface area contributed by atoms with Crippen LogP contribution < -0.4 is 4.74 Å². The van der Waals surface area contributed by atoms with Crippen LogP contribution in [-0.4, -0.2) is 138 Å². The summed E-state index contributed by atoms with van der Waals surface area (Å²) in [5, 5.41) is 17.5. The van der Waals surface area contributed by atoms with Gasteiger partial charge in [-0.05, 0) is 240 Å². The van der Waals surface area contributed by atoms with Crippen LogP contribution in [0, 0.1) is 67.5 Å². The van der Waals surface area contributed by atoms with E-state index in [0.29, 0.717) is 54.8 Å². The summed E-state index contributed by atoms with van der Waals surface area (Å²) in [5.41, 5.74) is -3.66. The number of halogens is 2. The Morgan fingerprint density at radius 1 is 0.589 bits per heavy atom. The van der Waals surface area contributed by atoms with Crippen molar-refractivity contribution in [3.05, 3.63) is 72.3 Å². The van der Waals surface area contributed by atoms with Crippen molar-refractivity contribution in [1.29, 1.82) is 5.26 Å². The lowest BCUT2D eigenvalue weighted by molar-refractivity contribution is -0.225. The van der Waals surface area contributed by atoms with Crippen LogP contribution in [0.1, 0.15) is 352 Å². The maximum Gasteiger partial charge on any atom is 0.428 e. The van der Waals surface area contributed by atoms with Crippen LogP contribution in [0.5, 0.6) is 5.75 Å². The van der Waals surface area contributed by atoms with Crippen LogP contribution in [-0.2, 0) is 97.3 Å². The van der Waals surface area contributed by atoms with E-state index in [1.807, 2.05) is 106 Å². The summed E-state index contributed by atoms with van der Waals surface area (Å²) >= 11 is 0. The number of rotatable bonds is 28. The second kappa shape index (κ2) is 52.5. The minimum absolute atomic E-state index is 0. The normalized spacial score (nSPS) is 22.6. The molecule has 8 unspecified atom stereocenters. The number of nitrogens with zero attached hydrogens (tertiary/aromatic N) is 1. The minimum atomic E-state index is -6.15. The molecule has 124 heavy (non-hydrogen) atoms. The minimum Gasteiger partial charge on any atom is -0.743 e. The van der Waals surface area contributed by atoms with Crippen molar-refractivity contribution in [1.82, 2.24) is 0 Å². The molecule has 9 fully saturated rings. The van der Waals surface area contributed by atoms with Crippen LogP contribution in [0.3, 0.4) is 0 Å². The third kappa shape index (κ3) is 31.8. The molecule has 0 aromatic heterocycles. The van der Waals surface area contributed by atoms with Crippen molar-refractivity contribution in [3.8, 4) is 11.8 Å². The number of hydrogen-bond donors (Lipinski definition) is 1. The number of benzene rings is 3. The summed E-state index contributed by atoms with van der Waals surface area (Å²) in [4.78, 5) is 95.8. The van der Waals surface area contributed by atoms with Gasteiger partial charge >= 0.3 is 53.0 Å². The van der Waals surface area contributed by atoms with Gasteiger partial charge in [-0.15, -0.1) is 0 Å². The monoisotopic (exact) mass is 1800 g/mol. The fraction of sp³-hybridized carbons (Fsp3) is 0.745. The van der Waals surface area contributed by atoms with Gasteiger partial charge in [-0.3, -0.25) is 28.8 Å². The summed E-state index contributed by atoms with van der Waals surface area (Å²) in [6.45, 7) is 33.3. The molecule has 22 nitrogen and oxygen atoms in total. The molecule has 2 saturated heterocycles. The second-order valence-corrected chi connectivity index (χ2v) is 39.1. The Morgan fingerprint density at radius 2 is 1.05 bits per heavy atom. The van der Waals surface area contributed by atoms with Gasteiger partial charge in [-0.25, -0.2) is 18.0 Å². The zero-order valence-electron chi connectivity index (χ0n) is 70.8. The Labute approximate surface area is 752 Å². The number of nitriles is 1. The molecular weight excluding hydrogens is 1630 g/mol. The van der Waals surface area contributed by atoms with Gasteiger partial charge in [0.2, 0.25) is 0 Å². The molecule has 12 rings (SSSR count). The van der Waals surface area contributed by atoms with Gasteiger partial charge in [0, 0.05) is 39.9 Å². The van der Waals surface area contributed by atoms with Crippen LogP contribution in [0.25, 0.3) is 10.8 Å². The molecule has 8 atom stereocenters. The molecule has 1 N–H and O–H groups in total. The third-order valence-electron chi connectivity index (χ3n) is 24.9. The van der Waals surface area contributed by atoms with Gasteiger partial charge in [0.25, 0.3) is 0 Å². The molecule has 6 bridgehead atoms. The number of hydrogen-bond acceptors (Lipinski definition) is 22. The number of esters is 8.